The van der Waals surface area contributed by atoms with E-state index < -0.39 is 12.7 Å². The third-order valence-electron chi connectivity index (χ3n) is 1.89. The van der Waals surface area contributed by atoms with E-state index in [2.05, 4.69) is 15.3 Å². The monoisotopic (exact) mass is 248 g/mol. The molecule has 0 amide bonds. The van der Waals surface area contributed by atoms with Gasteiger partial charge in [-0.05, 0) is 0 Å². The van der Waals surface area contributed by atoms with Crippen molar-refractivity contribution in [2.45, 2.75) is 32.4 Å². The second-order valence-electron chi connectivity index (χ2n) is 4.72. The maximum atomic E-state index is 12.0. The van der Waals surface area contributed by atoms with E-state index in [1.165, 1.54) is 6.07 Å². The quantitative estimate of drug-likeness (QED) is 0.843. The molecular weight excluding hydrogens is 233 g/mol. The van der Waals surface area contributed by atoms with Gasteiger partial charge in [0.1, 0.15) is 24.0 Å². The summed E-state index contributed by atoms with van der Waals surface area (Å²) >= 11 is 0. The van der Waals surface area contributed by atoms with Crippen molar-refractivity contribution in [3.05, 3.63) is 11.9 Å². The number of anilines is 2. The molecule has 0 saturated heterocycles. The second-order valence-corrected chi connectivity index (χ2v) is 4.72. The number of aromatic nitrogens is 2. The average Bonchev–Trinajstić information content (AvgIpc) is 2.11. The largest absolute Gasteiger partial charge is 0.405 e. The van der Waals surface area contributed by atoms with Crippen molar-refractivity contribution in [1.82, 2.24) is 9.97 Å². The molecule has 0 unspecified atom stereocenters. The van der Waals surface area contributed by atoms with Crippen molar-refractivity contribution in [2.24, 2.45) is 0 Å². The molecule has 0 aliphatic heterocycles. The van der Waals surface area contributed by atoms with Crippen molar-refractivity contribution in [1.29, 1.82) is 0 Å². The Balaban J connectivity index is 2.91. The molecule has 96 valence electrons. The first-order valence-electron chi connectivity index (χ1n) is 5.03. The van der Waals surface area contributed by atoms with Gasteiger partial charge in [0.15, 0.2) is 0 Å². The van der Waals surface area contributed by atoms with E-state index in [9.17, 15) is 13.2 Å². The van der Waals surface area contributed by atoms with E-state index in [0.717, 1.165) is 0 Å². The molecule has 0 bridgehead atoms. The Bertz CT molecular complexity index is 396. The molecule has 0 aliphatic rings. The minimum atomic E-state index is -4.29. The molecule has 0 atom stereocenters. The smallest absolute Gasteiger partial charge is 0.384 e. The zero-order chi connectivity index (χ0) is 13.3. The zero-order valence-electron chi connectivity index (χ0n) is 9.89. The fourth-order valence-electron chi connectivity index (χ4n) is 1.08. The van der Waals surface area contributed by atoms with Crippen LogP contribution in [0.15, 0.2) is 6.07 Å². The van der Waals surface area contributed by atoms with Crippen LogP contribution in [0.2, 0.25) is 0 Å². The fourth-order valence-corrected chi connectivity index (χ4v) is 1.08. The first-order chi connectivity index (χ1) is 7.58. The molecule has 7 heteroatoms. The lowest BCUT2D eigenvalue weighted by Gasteiger charge is -2.18. The van der Waals surface area contributed by atoms with Gasteiger partial charge in [0, 0.05) is 11.5 Å². The summed E-state index contributed by atoms with van der Waals surface area (Å²) in [4.78, 5) is 8.00. The van der Waals surface area contributed by atoms with Crippen molar-refractivity contribution in [3.63, 3.8) is 0 Å². The first-order valence-corrected chi connectivity index (χ1v) is 5.03. The lowest BCUT2D eigenvalue weighted by molar-refractivity contribution is -0.115. The second kappa shape index (κ2) is 4.38. The number of halogens is 3. The maximum Gasteiger partial charge on any atom is 0.405 e. The predicted octanol–water partition coefficient (Wildman–Crippen LogP) is 2.33. The molecule has 17 heavy (non-hydrogen) atoms. The highest BCUT2D eigenvalue weighted by Crippen LogP contribution is 2.22. The van der Waals surface area contributed by atoms with Crippen LogP contribution in [0.3, 0.4) is 0 Å². The molecule has 0 spiro atoms. The van der Waals surface area contributed by atoms with Crippen LogP contribution in [0.25, 0.3) is 0 Å². The molecule has 0 saturated carbocycles. The number of nitrogen functional groups attached to an aromatic ring is 1. The van der Waals surface area contributed by atoms with Gasteiger partial charge in [-0.25, -0.2) is 9.97 Å². The molecule has 4 nitrogen and oxygen atoms in total. The van der Waals surface area contributed by atoms with Gasteiger partial charge in [-0.3, -0.25) is 0 Å². The molecule has 1 heterocycles. The standard InChI is InChI=1S/C10H15F3N4/c1-9(2,3)8-16-6(14)4-7(17-8)15-5-10(11,12)13/h4H,5H2,1-3H3,(H3,14,15,16,17). The zero-order valence-corrected chi connectivity index (χ0v) is 9.89. The third kappa shape index (κ3) is 4.46. The van der Waals surface area contributed by atoms with Crippen LogP contribution in [0.4, 0.5) is 24.8 Å². The van der Waals surface area contributed by atoms with E-state index >= 15 is 0 Å². The maximum absolute atomic E-state index is 12.0. The summed E-state index contributed by atoms with van der Waals surface area (Å²) in [6, 6.07) is 1.28. The summed E-state index contributed by atoms with van der Waals surface area (Å²) < 4.78 is 36.1. The van der Waals surface area contributed by atoms with Crippen LogP contribution >= 0.6 is 0 Å². The van der Waals surface area contributed by atoms with Gasteiger partial charge in [0.2, 0.25) is 0 Å². The highest BCUT2D eigenvalue weighted by atomic mass is 19.4. The van der Waals surface area contributed by atoms with Crippen LogP contribution in [0, 0.1) is 0 Å². The number of nitrogens with one attached hydrogen (secondary N) is 1. The van der Waals surface area contributed by atoms with Gasteiger partial charge < -0.3 is 11.1 Å². The molecule has 0 aromatic carbocycles. The van der Waals surface area contributed by atoms with Crippen LogP contribution in [0.1, 0.15) is 26.6 Å². The summed E-state index contributed by atoms with van der Waals surface area (Å²) in [5, 5.41) is 2.18. The lowest BCUT2D eigenvalue weighted by Crippen LogP contribution is -2.23. The van der Waals surface area contributed by atoms with Gasteiger partial charge in [-0.15, -0.1) is 0 Å². The Morgan fingerprint density at radius 3 is 2.29 bits per heavy atom. The van der Waals surface area contributed by atoms with Crippen LogP contribution in [-0.4, -0.2) is 22.7 Å². The topological polar surface area (TPSA) is 63.8 Å². The van der Waals surface area contributed by atoms with Gasteiger partial charge in [0.05, 0.1) is 0 Å². The molecule has 1 rings (SSSR count). The van der Waals surface area contributed by atoms with Crippen molar-refractivity contribution < 1.29 is 13.2 Å². The number of alkyl halides is 3. The van der Waals surface area contributed by atoms with Crippen LogP contribution in [0.5, 0.6) is 0 Å². The summed E-state index contributed by atoms with van der Waals surface area (Å²) in [7, 11) is 0. The van der Waals surface area contributed by atoms with Gasteiger partial charge in [-0.1, -0.05) is 20.8 Å². The minimum absolute atomic E-state index is 0.0831. The Morgan fingerprint density at radius 1 is 1.24 bits per heavy atom. The minimum Gasteiger partial charge on any atom is -0.384 e. The normalized spacial score (nSPS) is 12.6. The molecule has 0 fully saturated rings. The number of rotatable bonds is 2. The Labute approximate surface area is 97.4 Å². The van der Waals surface area contributed by atoms with Crippen LogP contribution in [-0.2, 0) is 5.41 Å². The van der Waals surface area contributed by atoms with Gasteiger partial charge in [-0.2, -0.15) is 13.2 Å². The lowest BCUT2D eigenvalue weighted by atomic mass is 9.96. The number of nitrogens with two attached hydrogens (primary N) is 1. The molecular formula is C10H15F3N4. The molecule has 0 aliphatic carbocycles. The fraction of sp³-hybridized carbons (Fsp3) is 0.600. The Kier molecular flexibility index (Phi) is 3.49. The Morgan fingerprint density at radius 2 is 1.82 bits per heavy atom. The van der Waals surface area contributed by atoms with E-state index in [-0.39, 0.29) is 17.1 Å². The van der Waals surface area contributed by atoms with E-state index in [4.69, 9.17) is 5.73 Å². The highest BCUT2D eigenvalue weighted by molar-refractivity contribution is 5.45. The summed E-state index contributed by atoms with van der Waals surface area (Å²) in [6.45, 7) is 4.42. The number of nitrogens with zero attached hydrogens (tertiary/aromatic N) is 2. The van der Waals surface area contributed by atoms with Gasteiger partial charge in [0.25, 0.3) is 0 Å². The van der Waals surface area contributed by atoms with E-state index in [1.54, 1.807) is 0 Å². The molecule has 1 aromatic rings. The van der Waals surface area contributed by atoms with Crippen molar-refractivity contribution in [2.75, 3.05) is 17.6 Å². The Hall–Kier alpha value is -1.53. The summed E-state index contributed by atoms with van der Waals surface area (Å²) in [5.41, 5.74) is 5.15. The highest BCUT2D eigenvalue weighted by Gasteiger charge is 2.27. The van der Waals surface area contributed by atoms with Crippen molar-refractivity contribution >= 4 is 11.6 Å². The summed E-state index contributed by atoms with van der Waals surface area (Å²) in [5.74, 6) is 0.636. The number of hydrogen-bond acceptors (Lipinski definition) is 4. The average molecular weight is 248 g/mol. The van der Waals surface area contributed by atoms with E-state index in [0.29, 0.717) is 5.82 Å². The predicted molar refractivity (Wildman–Crippen MR) is 59.7 cm³/mol. The molecule has 1 aromatic heterocycles. The molecule has 3 N–H and O–H groups in total. The van der Waals surface area contributed by atoms with Crippen LogP contribution < -0.4 is 11.1 Å². The SMILES string of the molecule is CC(C)(C)c1nc(N)cc(NCC(F)(F)F)n1. The van der Waals surface area contributed by atoms with Crippen molar-refractivity contribution in [3.8, 4) is 0 Å². The summed E-state index contributed by atoms with van der Waals surface area (Å²) in [6.07, 6.45) is -4.29. The van der Waals surface area contributed by atoms with E-state index in [1.807, 2.05) is 20.8 Å². The van der Waals surface area contributed by atoms with Gasteiger partial charge >= 0.3 is 6.18 Å². The number of hydrogen-bond donors (Lipinski definition) is 2. The first kappa shape index (κ1) is 13.5. The molecule has 0 radical (unpaired) electrons. The third-order valence-corrected chi connectivity index (χ3v) is 1.89.